The Hall–Kier alpha value is -1.50. The molecule has 0 aliphatic carbocycles. The Morgan fingerprint density at radius 2 is 1.13 bits per heavy atom. The van der Waals surface area contributed by atoms with E-state index in [2.05, 4.69) is 67.6 Å². The Morgan fingerprint density at radius 1 is 0.733 bits per heavy atom. The molecule has 2 aromatic carbocycles. The SMILES string of the molecule is CCB(c1ccccc1)c1ccccc1. The van der Waals surface area contributed by atoms with Crippen molar-refractivity contribution in [3.63, 3.8) is 0 Å². The molecule has 0 N–H and O–H groups in total. The van der Waals surface area contributed by atoms with Gasteiger partial charge in [-0.15, -0.1) is 0 Å². The van der Waals surface area contributed by atoms with E-state index in [0.717, 1.165) is 6.32 Å². The maximum Gasteiger partial charge on any atom is 0.209 e. The highest BCUT2D eigenvalue weighted by atomic mass is 13.9. The average Bonchev–Trinajstić information content (AvgIpc) is 2.33. The third-order valence-electron chi connectivity index (χ3n) is 2.81. The minimum absolute atomic E-state index is 0.535. The van der Waals surface area contributed by atoms with Crippen LogP contribution >= 0.6 is 0 Å². The van der Waals surface area contributed by atoms with Gasteiger partial charge >= 0.3 is 0 Å². The molecule has 0 atom stereocenters. The molecular formula is C14H15B. The minimum atomic E-state index is 0.535. The van der Waals surface area contributed by atoms with E-state index in [9.17, 15) is 0 Å². The van der Waals surface area contributed by atoms with Crippen LogP contribution in [0.1, 0.15) is 6.92 Å². The summed E-state index contributed by atoms with van der Waals surface area (Å²) >= 11 is 0. The van der Waals surface area contributed by atoms with E-state index in [1.165, 1.54) is 10.9 Å². The van der Waals surface area contributed by atoms with E-state index in [0.29, 0.717) is 6.71 Å². The first kappa shape index (κ1) is 10.0. The summed E-state index contributed by atoms with van der Waals surface area (Å²) in [4.78, 5) is 0. The molecule has 0 nitrogen and oxygen atoms in total. The Morgan fingerprint density at radius 3 is 1.47 bits per heavy atom. The number of hydrogen-bond acceptors (Lipinski definition) is 0. The van der Waals surface area contributed by atoms with Crippen LogP contribution in [0, 0.1) is 0 Å². The maximum absolute atomic E-state index is 2.24. The van der Waals surface area contributed by atoms with Gasteiger partial charge in [-0.1, -0.05) is 84.8 Å². The van der Waals surface area contributed by atoms with Crippen molar-refractivity contribution in [2.75, 3.05) is 0 Å². The van der Waals surface area contributed by atoms with Crippen molar-refractivity contribution in [1.29, 1.82) is 0 Å². The zero-order valence-corrected chi connectivity index (χ0v) is 9.06. The topological polar surface area (TPSA) is 0 Å². The average molecular weight is 194 g/mol. The summed E-state index contributed by atoms with van der Waals surface area (Å²) in [6.07, 6.45) is 1.15. The lowest BCUT2D eigenvalue weighted by molar-refractivity contribution is 1.43. The van der Waals surface area contributed by atoms with Crippen molar-refractivity contribution in [3.05, 3.63) is 60.7 Å². The van der Waals surface area contributed by atoms with Crippen LogP contribution in [0.15, 0.2) is 60.7 Å². The van der Waals surface area contributed by atoms with Gasteiger partial charge in [0.05, 0.1) is 0 Å². The molecular weight excluding hydrogens is 179 g/mol. The third-order valence-corrected chi connectivity index (χ3v) is 2.81. The van der Waals surface area contributed by atoms with Gasteiger partial charge in [-0.05, 0) is 0 Å². The van der Waals surface area contributed by atoms with Crippen LogP contribution in [0.5, 0.6) is 0 Å². The normalized spacial score (nSPS) is 9.93. The third kappa shape index (κ3) is 2.30. The Labute approximate surface area is 92.0 Å². The van der Waals surface area contributed by atoms with Crippen LogP contribution < -0.4 is 10.9 Å². The fourth-order valence-corrected chi connectivity index (χ4v) is 2.03. The summed E-state index contributed by atoms with van der Waals surface area (Å²) in [7, 11) is 0. The first-order valence-corrected chi connectivity index (χ1v) is 5.51. The van der Waals surface area contributed by atoms with Gasteiger partial charge in [-0.25, -0.2) is 0 Å². The molecule has 2 aromatic rings. The fraction of sp³-hybridized carbons (Fsp3) is 0.143. The van der Waals surface area contributed by atoms with Crippen LogP contribution in [0.2, 0.25) is 6.32 Å². The van der Waals surface area contributed by atoms with Crippen molar-refractivity contribution in [3.8, 4) is 0 Å². The summed E-state index contributed by atoms with van der Waals surface area (Å²) < 4.78 is 0. The van der Waals surface area contributed by atoms with E-state index in [1.807, 2.05) is 0 Å². The zero-order chi connectivity index (χ0) is 10.5. The van der Waals surface area contributed by atoms with E-state index in [4.69, 9.17) is 0 Å². The zero-order valence-electron chi connectivity index (χ0n) is 9.06. The molecule has 0 unspecified atom stereocenters. The highest BCUT2D eigenvalue weighted by Gasteiger charge is 2.15. The van der Waals surface area contributed by atoms with Crippen LogP contribution in [0.4, 0.5) is 0 Å². The van der Waals surface area contributed by atoms with E-state index < -0.39 is 0 Å². The van der Waals surface area contributed by atoms with Crippen molar-refractivity contribution >= 4 is 17.6 Å². The Balaban J connectivity index is 2.34. The molecule has 0 aliphatic rings. The lowest BCUT2D eigenvalue weighted by Gasteiger charge is -2.11. The molecule has 15 heavy (non-hydrogen) atoms. The largest absolute Gasteiger partial charge is 0.209 e. The van der Waals surface area contributed by atoms with Crippen molar-refractivity contribution < 1.29 is 0 Å². The first-order chi connectivity index (χ1) is 7.42. The summed E-state index contributed by atoms with van der Waals surface area (Å²) in [5.74, 6) is 0. The van der Waals surface area contributed by atoms with Gasteiger partial charge < -0.3 is 0 Å². The molecule has 0 aliphatic heterocycles. The van der Waals surface area contributed by atoms with Gasteiger partial charge in [-0.2, -0.15) is 0 Å². The van der Waals surface area contributed by atoms with E-state index >= 15 is 0 Å². The lowest BCUT2D eigenvalue weighted by atomic mass is 9.39. The van der Waals surface area contributed by atoms with Gasteiger partial charge in [0, 0.05) is 0 Å². The van der Waals surface area contributed by atoms with Crippen molar-refractivity contribution in [2.24, 2.45) is 0 Å². The Kier molecular flexibility index (Phi) is 3.23. The van der Waals surface area contributed by atoms with Gasteiger partial charge in [0.25, 0.3) is 0 Å². The fourth-order valence-electron chi connectivity index (χ4n) is 2.03. The molecule has 0 heterocycles. The van der Waals surface area contributed by atoms with Gasteiger partial charge in [0.2, 0.25) is 6.71 Å². The summed E-state index contributed by atoms with van der Waals surface area (Å²) in [5, 5.41) is 0. The van der Waals surface area contributed by atoms with E-state index in [1.54, 1.807) is 0 Å². The minimum Gasteiger partial charge on any atom is -0.0742 e. The highest BCUT2D eigenvalue weighted by Crippen LogP contribution is 1.96. The molecule has 0 bridgehead atoms. The predicted octanol–water partition coefficient (Wildman–Crippen LogP) is 2.32. The molecule has 2 rings (SSSR count). The second-order valence-electron chi connectivity index (χ2n) is 3.78. The number of benzene rings is 2. The summed E-state index contributed by atoms with van der Waals surface area (Å²) in [6.45, 7) is 2.78. The smallest absolute Gasteiger partial charge is 0.0742 e. The lowest BCUT2D eigenvalue weighted by Crippen LogP contribution is -2.41. The molecule has 0 spiro atoms. The molecule has 1 heteroatoms. The summed E-state index contributed by atoms with van der Waals surface area (Å²) in [5.41, 5.74) is 2.82. The molecule has 0 aromatic heterocycles. The maximum atomic E-state index is 2.24. The van der Waals surface area contributed by atoms with Crippen LogP contribution in [-0.2, 0) is 0 Å². The molecule has 74 valence electrons. The highest BCUT2D eigenvalue weighted by molar-refractivity contribution is 6.85. The standard InChI is InChI=1S/C14H15B/c1-2-15(13-9-5-3-6-10-13)14-11-7-4-8-12-14/h3-12H,2H2,1H3. The second kappa shape index (κ2) is 4.83. The quantitative estimate of drug-likeness (QED) is 0.657. The summed E-state index contributed by atoms with van der Waals surface area (Å²) in [6, 6.07) is 21.4. The van der Waals surface area contributed by atoms with E-state index in [-0.39, 0.29) is 0 Å². The molecule has 0 fully saturated rings. The van der Waals surface area contributed by atoms with Crippen LogP contribution in [0.25, 0.3) is 0 Å². The van der Waals surface area contributed by atoms with Crippen molar-refractivity contribution in [2.45, 2.75) is 13.2 Å². The van der Waals surface area contributed by atoms with Crippen molar-refractivity contribution in [1.82, 2.24) is 0 Å². The number of rotatable bonds is 3. The second-order valence-corrected chi connectivity index (χ2v) is 3.78. The predicted molar refractivity (Wildman–Crippen MR) is 68.4 cm³/mol. The van der Waals surface area contributed by atoms with Gasteiger partial charge in [-0.3, -0.25) is 0 Å². The number of hydrogen-bond donors (Lipinski definition) is 0. The van der Waals surface area contributed by atoms with Gasteiger partial charge in [0.15, 0.2) is 0 Å². The van der Waals surface area contributed by atoms with Gasteiger partial charge in [0.1, 0.15) is 0 Å². The molecule has 0 saturated heterocycles. The van der Waals surface area contributed by atoms with Crippen LogP contribution in [-0.4, -0.2) is 6.71 Å². The Bertz CT molecular complexity index is 355. The molecule has 0 saturated carbocycles. The first-order valence-electron chi connectivity index (χ1n) is 5.51. The van der Waals surface area contributed by atoms with Crippen LogP contribution in [0.3, 0.4) is 0 Å². The molecule has 0 amide bonds. The molecule has 0 radical (unpaired) electrons. The monoisotopic (exact) mass is 194 g/mol.